The summed E-state index contributed by atoms with van der Waals surface area (Å²) in [5.74, 6) is -0.0536. The molecular formula is C27H36N4O6S. The number of nitrogens with zero attached hydrogens (tertiary/aromatic N) is 3. The molecule has 38 heavy (non-hydrogen) atoms. The number of anilines is 3. The highest BCUT2D eigenvalue weighted by Gasteiger charge is 2.38. The van der Waals surface area contributed by atoms with E-state index in [1.807, 2.05) is 38.8 Å². The second-order valence-corrected chi connectivity index (χ2v) is 12.1. The highest BCUT2D eigenvalue weighted by molar-refractivity contribution is 7.92. The van der Waals surface area contributed by atoms with Crippen LogP contribution in [0.15, 0.2) is 47.4 Å². The van der Waals surface area contributed by atoms with Crippen LogP contribution in [0.1, 0.15) is 33.6 Å². The van der Waals surface area contributed by atoms with E-state index >= 15 is 0 Å². The Morgan fingerprint density at radius 3 is 2.45 bits per heavy atom. The van der Waals surface area contributed by atoms with E-state index < -0.39 is 28.1 Å². The molecule has 0 spiro atoms. The number of fused-ring (bicyclic) bond motifs is 1. The molecule has 11 heteroatoms. The Morgan fingerprint density at radius 1 is 1.13 bits per heavy atom. The minimum absolute atomic E-state index is 0.119. The van der Waals surface area contributed by atoms with Crippen LogP contribution in [0.5, 0.6) is 5.75 Å². The molecule has 2 N–H and O–H groups in total. The lowest BCUT2D eigenvalue weighted by molar-refractivity contribution is -0.155. The van der Waals surface area contributed by atoms with Crippen molar-refractivity contribution in [2.75, 3.05) is 41.4 Å². The van der Waals surface area contributed by atoms with E-state index in [4.69, 9.17) is 15.2 Å². The second-order valence-electron chi connectivity index (χ2n) is 10.3. The lowest BCUT2D eigenvalue weighted by Crippen LogP contribution is -2.49. The average Bonchev–Trinajstić information content (AvgIpc) is 3.23. The van der Waals surface area contributed by atoms with Gasteiger partial charge in [-0.25, -0.2) is 8.42 Å². The van der Waals surface area contributed by atoms with E-state index in [1.54, 1.807) is 31.4 Å². The first kappa shape index (κ1) is 27.7. The molecule has 1 saturated heterocycles. The number of likely N-dealkylation sites (N-methyl/N-ethyl adjacent to an activating group) is 1. The Kier molecular flexibility index (Phi) is 7.89. The van der Waals surface area contributed by atoms with Gasteiger partial charge in [-0.2, -0.15) is 0 Å². The summed E-state index contributed by atoms with van der Waals surface area (Å²) in [7, 11) is -0.397. The molecule has 1 amide bonds. The fourth-order valence-electron chi connectivity index (χ4n) is 5.06. The average molecular weight is 545 g/mol. The number of nitrogens with two attached hydrogens (primary N) is 1. The molecule has 3 atom stereocenters. The first-order valence-corrected chi connectivity index (χ1v) is 14.2. The van der Waals surface area contributed by atoms with Gasteiger partial charge in [0.1, 0.15) is 11.8 Å². The molecule has 0 saturated carbocycles. The van der Waals surface area contributed by atoms with Gasteiger partial charge in [0, 0.05) is 38.3 Å². The smallest absolute Gasteiger partial charge is 0.323 e. The van der Waals surface area contributed by atoms with Crippen molar-refractivity contribution in [1.82, 2.24) is 0 Å². The number of carbonyl (C=O) groups excluding carboxylic acids is 2. The first-order valence-electron chi connectivity index (χ1n) is 12.7. The fraction of sp³-hybridized carbons (Fsp3) is 0.481. The summed E-state index contributed by atoms with van der Waals surface area (Å²) >= 11 is 0. The van der Waals surface area contributed by atoms with Gasteiger partial charge >= 0.3 is 5.97 Å². The lowest BCUT2D eigenvalue weighted by atomic mass is 10.0. The topological polar surface area (TPSA) is 122 Å². The Morgan fingerprint density at radius 2 is 1.82 bits per heavy atom. The lowest BCUT2D eigenvalue weighted by Gasteiger charge is -2.41. The van der Waals surface area contributed by atoms with Gasteiger partial charge in [-0.3, -0.25) is 13.9 Å². The summed E-state index contributed by atoms with van der Waals surface area (Å²) in [6, 6.07) is 10.5. The number of methoxy groups -OCH3 is 1. The van der Waals surface area contributed by atoms with Crippen LogP contribution in [0.25, 0.3) is 0 Å². The number of hydrogen-bond acceptors (Lipinski definition) is 8. The number of carbonyl (C=O) groups is 2. The summed E-state index contributed by atoms with van der Waals surface area (Å²) < 4.78 is 39.7. The maximum Gasteiger partial charge on any atom is 0.323 e. The van der Waals surface area contributed by atoms with Crippen molar-refractivity contribution >= 4 is 39.0 Å². The largest absolute Gasteiger partial charge is 0.497 e. The molecule has 2 aromatic rings. The van der Waals surface area contributed by atoms with Crippen molar-refractivity contribution in [2.45, 2.75) is 56.7 Å². The van der Waals surface area contributed by atoms with Crippen molar-refractivity contribution in [3.8, 4) is 5.75 Å². The van der Waals surface area contributed by atoms with Crippen LogP contribution in [0, 0.1) is 5.92 Å². The number of ether oxygens (including phenoxy) is 2. The molecule has 1 fully saturated rings. The third-order valence-electron chi connectivity index (χ3n) is 6.92. The number of benzene rings is 2. The van der Waals surface area contributed by atoms with Crippen LogP contribution in [0.4, 0.5) is 17.1 Å². The van der Waals surface area contributed by atoms with Crippen molar-refractivity contribution in [3.63, 3.8) is 0 Å². The van der Waals surface area contributed by atoms with E-state index in [-0.39, 0.29) is 22.8 Å². The molecule has 0 aliphatic carbocycles. The zero-order valence-corrected chi connectivity index (χ0v) is 23.3. The number of amides is 1. The molecule has 3 unspecified atom stereocenters. The molecule has 0 bridgehead atoms. The van der Waals surface area contributed by atoms with Crippen molar-refractivity contribution in [3.05, 3.63) is 42.5 Å². The van der Waals surface area contributed by atoms with Gasteiger partial charge in [-0.1, -0.05) is 13.8 Å². The summed E-state index contributed by atoms with van der Waals surface area (Å²) in [6.45, 7) is 6.65. The number of sulfonamides is 1. The van der Waals surface area contributed by atoms with Crippen molar-refractivity contribution in [1.29, 1.82) is 0 Å². The van der Waals surface area contributed by atoms with Crippen LogP contribution >= 0.6 is 0 Å². The third kappa shape index (κ3) is 5.30. The molecule has 10 nitrogen and oxygen atoms in total. The Balaban J connectivity index is 1.52. The summed E-state index contributed by atoms with van der Waals surface area (Å²) in [5, 5.41) is 0. The predicted octanol–water partition coefficient (Wildman–Crippen LogP) is 2.75. The van der Waals surface area contributed by atoms with E-state index in [9.17, 15) is 18.0 Å². The number of esters is 1. The minimum atomic E-state index is -3.89. The second kappa shape index (κ2) is 10.8. The normalized spacial score (nSPS) is 20.5. The molecule has 0 aromatic heterocycles. The molecule has 206 valence electrons. The van der Waals surface area contributed by atoms with Crippen LogP contribution in [-0.4, -0.2) is 65.7 Å². The maximum atomic E-state index is 13.8. The summed E-state index contributed by atoms with van der Waals surface area (Å²) in [4.78, 5) is 28.9. The highest BCUT2D eigenvalue weighted by atomic mass is 32.2. The Bertz CT molecular complexity index is 1300. The van der Waals surface area contributed by atoms with Crippen LogP contribution < -0.4 is 24.6 Å². The Labute approximate surface area is 224 Å². The maximum absolute atomic E-state index is 13.8. The van der Waals surface area contributed by atoms with E-state index in [2.05, 4.69) is 0 Å². The van der Waals surface area contributed by atoms with Gasteiger partial charge in [0.05, 0.1) is 29.4 Å². The van der Waals surface area contributed by atoms with Gasteiger partial charge in [-0.05, 0) is 55.7 Å². The van der Waals surface area contributed by atoms with Crippen LogP contribution in [-0.2, 0) is 24.3 Å². The molecule has 0 radical (unpaired) electrons. The third-order valence-corrected chi connectivity index (χ3v) is 8.86. The van der Waals surface area contributed by atoms with Gasteiger partial charge in [0.2, 0.25) is 0 Å². The van der Waals surface area contributed by atoms with Gasteiger partial charge in [-0.15, -0.1) is 0 Å². The quantitative estimate of drug-likeness (QED) is 0.504. The SMILES string of the molecule is COc1ccc2c(c1)N(C)CC(C)N2S(=O)(=O)c1ccc(N2CCC(OC(=O)C(N)CC(C)C)C2=O)cc1. The monoisotopic (exact) mass is 544 g/mol. The number of rotatable bonds is 8. The summed E-state index contributed by atoms with van der Waals surface area (Å²) in [5.41, 5.74) is 7.77. The van der Waals surface area contributed by atoms with Crippen molar-refractivity contribution in [2.24, 2.45) is 11.7 Å². The molecule has 2 aliphatic rings. The number of hydrogen-bond donors (Lipinski definition) is 1. The molecule has 2 aromatic carbocycles. The molecular weight excluding hydrogens is 508 g/mol. The summed E-state index contributed by atoms with van der Waals surface area (Å²) in [6.07, 6.45) is -0.0784. The van der Waals surface area contributed by atoms with E-state index in [1.165, 1.54) is 21.3 Å². The molecule has 2 heterocycles. The standard InChI is InChI=1S/C27H36N4O6S/c1-17(2)14-22(28)27(33)37-25-12-13-30(26(25)32)19-6-9-21(10-7-19)38(34,35)31-18(3)16-29(4)24-15-20(36-5)8-11-23(24)31/h6-11,15,17-18,22,25H,12-14,16,28H2,1-5H3. The molecule has 2 aliphatic heterocycles. The van der Waals surface area contributed by atoms with Gasteiger partial charge < -0.3 is 25.0 Å². The van der Waals surface area contributed by atoms with Crippen LogP contribution in [0.3, 0.4) is 0 Å². The molecule has 4 rings (SSSR count). The van der Waals surface area contributed by atoms with Crippen molar-refractivity contribution < 1.29 is 27.5 Å². The van der Waals surface area contributed by atoms with Gasteiger partial charge in [0.15, 0.2) is 6.10 Å². The van der Waals surface area contributed by atoms with E-state index in [0.29, 0.717) is 43.1 Å². The van der Waals surface area contributed by atoms with Gasteiger partial charge in [0.25, 0.3) is 15.9 Å². The first-order chi connectivity index (χ1) is 17.9. The predicted molar refractivity (Wildman–Crippen MR) is 146 cm³/mol. The Hall–Kier alpha value is -3.31. The minimum Gasteiger partial charge on any atom is -0.497 e. The zero-order valence-electron chi connectivity index (χ0n) is 22.5. The van der Waals surface area contributed by atoms with E-state index in [0.717, 1.165) is 5.69 Å². The zero-order chi connectivity index (χ0) is 27.8. The van der Waals surface area contributed by atoms with Crippen LogP contribution in [0.2, 0.25) is 0 Å². The fourth-order valence-corrected chi connectivity index (χ4v) is 6.72. The highest BCUT2D eigenvalue weighted by Crippen LogP contribution is 2.40.